The van der Waals surface area contributed by atoms with E-state index in [1.165, 1.54) is 7.11 Å². The first-order chi connectivity index (χ1) is 10.2. The molecule has 0 bridgehead atoms. The lowest BCUT2D eigenvalue weighted by molar-refractivity contribution is 0.354. The maximum Gasteiger partial charge on any atom is 0.322 e. The second kappa shape index (κ2) is 6.60. The van der Waals surface area contributed by atoms with Gasteiger partial charge in [0, 0.05) is 6.54 Å². The standard InChI is InChI=1S/C13H17N5O3/c1-19-9-5-4-8(6-10(9)20-2)7-15-12-16-11(14)17-13(18-12)21-3/h4-6H,7H2,1-3H3,(H3,14,15,16,17,18). The van der Waals surface area contributed by atoms with Gasteiger partial charge in [0.2, 0.25) is 11.9 Å². The molecule has 3 N–H and O–H groups in total. The molecule has 1 aromatic carbocycles. The van der Waals surface area contributed by atoms with Gasteiger partial charge in [-0.15, -0.1) is 0 Å². The number of nitrogens with two attached hydrogens (primary N) is 1. The Morgan fingerprint density at radius 2 is 1.76 bits per heavy atom. The lowest BCUT2D eigenvalue weighted by Crippen LogP contribution is -2.08. The average molecular weight is 291 g/mol. The molecule has 0 aliphatic rings. The summed E-state index contributed by atoms with van der Waals surface area (Å²) in [5.41, 5.74) is 6.55. The summed E-state index contributed by atoms with van der Waals surface area (Å²) >= 11 is 0. The largest absolute Gasteiger partial charge is 0.493 e. The summed E-state index contributed by atoms with van der Waals surface area (Å²) in [6.07, 6.45) is 0. The van der Waals surface area contributed by atoms with Crippen LogP contribution in [0.5, 0.6) is 17.5 Å². The highest BCUT2D eigenvalue weighted by atomic mass is 16.5. The van der Waals surface area contributed by atoms with Crippen molar-refractivity contribution in [3.05, 3.63) is 23.8 Å². The van der Waals surface area contributed by atoms with Crippen molar-refractivity contribution in [3.8, 4) is 17.5 Å². The molecule has 0 atom stereocenters. The van der Waals surface area contributed by atoms with Gasteiger partial charge in [-0.25, -0.2) is 0 Å². The summed E-state index contributed by atoms with van der Waals surface area (Å²) in [7, 11) is 4.65. The fourth-order valence-electron chi connectivity index (χ4n) is 1.71. The van der Waals surface area contributed by atoms with E-state index in [0.29, 0.717) is 24.0 Å². The van der Waals surface area contributed by atoms with Gasteiger partial charge in [0.05, 0.1) is 21.3 Å². The van der Waals surface area contributed by atoms with Crippen LogP contribution in [0.1, 0.15) is 5.56 Å². The number of nitrogen functional groups attached to an aromatic ring is 1. The zero-order valence-corrected chi connectivity index (χ0v) is 12.1. The van der Waals surface area contributed by atoms with E-state index in [9.17, 15) is 0 Å². The van der Waals surface area contributed by atoms with Gasteiger partial charge in [-0.2, -0.15) is 15.0 Å². The molecule has 0 aliphatic heterocycles. The minimum atomic E-state index is 0.0941. The molecule has 0 fully saturated rings. The Hall–Kier alpha value is -2.77. The van der Waals surface area contributed by atoms with Crippen LogP contribution in [0.3, 0.4) is 0 Å². The number of hydrogen-bond donors (Lipinski definition) is 2. The second-order valence-corrected chi connectivity index (χ2v) is 4.05. The maximum absolute atomic E-state index is 5.57. The molecule has 0 amide bonds. The first-order valence-corrected chi connectivity index (χ1v) is 6.16. The molecule has 21 heavy (non-hydrogen) atoms. The minimum absolute atomic E-state index is 0.0941. The summed E-state index contributed by atoms with van der Waals surface area (Å²) in [5.74, 6) is 1.77. The number of methoxy groups -OCH3 is 3. The highest BCUT2D eigenvalue weighted by molar-refractivity contribution is 5.44. The van der Waals surface area contributed by atoms with Crippen molar-refractivity contribution in [1.29, 1.82) is 0 Å². The van der Waals surface area contributed by atoms with Gasteiger partial charge < -0.3 is 25.3 Å². The van der Waals surface area contributed by atoms with Crippen LogP contribution in [-0.4, -0.2) is 36.3 Å². The third-order valence-corrected chi connectivity index (χ3v) is 2.71. The van der Waals surface area contributed by atoms with E-state index < -0.39 is 0 Å². The summed E-state index contributed by atoms with van der Waals surface area (Å²) in [5, 5.41) is 3.05. The summed E-state index contributed by atoms with van der Waals surface area (Å²) in [6, 6.07) is 5.78. The second-order valence-electron chi connectivity index (χ2n) is 4.05. The van der Waals surface area contributed by atoms with E-state index in [1.54, 1.807) is 14.2 Å². The zero-order valence-electron chi connectivity index (χ0n) is 12.1. The quantitative estimate of drug-likeness (QED) is 0.815. The van der Waals surface area contributed by atoms with Crippen LogP contribution < -0.4 is 25.3 Å². The molecule has 1 aromatic heterocycles. The Kier molecular flexibility index (Phi) is 4.60. The summed E-state index contributed by atoms with van der Waals surface area (Å²) in [4.78, 5) is 11.8. The average Bonchev–Trinajstić information content (AvgIpc) is 2.52. The van der Waals surface area contributed by atoms with Gasteiger partial charge in [0.1, 0.15) is 0 Å². The molecule has 8 nitrogen and oxygen atoms in total. The highest BCUT2D eigenvalue weighted by Crippen LogP contribution is 2.27. The molecule has 2 rings (SSSR count). The van der Waals surface area contributed by atoms with Crippen molar-refractivity contribution in [2.24, 2.45) is 0 Å². The molecule has 0 unspecified atom stereocenters. The molecule has 0 radical (unpaired) electrons. The molecular formula is C13H17N5O3. The minimum Gasteiger partial charge on any atom is -0.493 e. The molecule has 1 heterocycles. The van der Waals surface area contributed by atoms with Crippen LogP contribution >= 0.6 is 0 Å². The van der Waals surface area contributed by atoms with Crippen LogP contribution in [0, 0.1) is 0 Å². The van der Waals surface area contributed by atoms with E-state index in [2.05, 4.69) is 20.3 Å². The number of ether oxygens (including phenoxy) is 3. The Morgan fingerprint density at radius 1 is 1.00 bits per heavy atom. The number of rotatable bonds is 6. The summed E-state index contributed by atoms with van der Waals surface area (Å²) in [6.45, 7) is 0.493. The van der Waals surface area contributed by atoms with Gasteiger partial charge in [0.25, 0.3) is 0 Å². The Balaban J connectivity index is 2.11. The number of nitrogens with one attached hydrogen (secondary N) is 1. The number of aromatic nitrogens is 3. The summed E-state index contributed by atoms with van der Waals surface area (Å²) < 4.78 is 15.4. The van der Waals surface area contributed by atoms with E-state index in [4.69, 9.17) is 19.9 Å². The smallest absolute Gasteiger partial charge is 0.322 e. The van der Waals surface area contributed by atoms with Gasteiger partial charge >= 0.3 is 6.01 Å². The predicted octanol–water partition coefficient (Wildman–Crippen LogP) is 1.09. The first kappa shape index (κ1) is 14.6. The number of anilines is 2. The van der Waals surface area contributed by atoms with Crippen LogP contribution in [0.15, 0.2) is 18.2 Å². The molecule has 2 aromatic rings. The third kappa shape index (κ3) is 3.62. The number of nitrogens with zero attached hydrogens (tertiary/aromatic N) is 3. The fourth-order valence-corrected chi connectivity index (χ4v) is 1.71. The molecule has 0 aliphatic carbocycles. The molecule has 0 spiro atoms. The molecule has 0 saturated heterocycles. The van der Waals surface area contributed by atoms with Crippen molar-refractivity contribution in [2.75, 3.05) is 32.4 Å². The first-order valence-electron chi connectivity index (χ1n) is 6.16. The van der Waals surface area contributed by atoms with E-state index in [0.717, 1.165) is 5.56 Å². The van der Waals surface area contributed by atoms with Crippen LogP contribution in [0.4, 0.5) is 11.9 Å². The SMILES string of the molecule is COc1nc(N)nc(NCc2ccc(OC)c(OC)c2)n1. The monoisotopic (exact) mass is 291 g/mol. The fraction of sp³-hybridized carbons (Fsp3) is 0.308. The van der Waals surface area contributed by atoms with Gasteiger partial charge in [-0.1, -0.05) is 6.07 Å². The van der Waals surface area contributed by atoms with Crippen molar-refractivity contribution >= 4 is 11.9 Å². The van der Waals surface area contributed by atoms with Crippen molar-refractivity contribution in [1.82, 2.24) is 15.0 Å². The maximum atomic E-state index is 5.57. The normalized spacial score (nSPS) is 10.0. The topological polar surface area (TPSA) is 104 Å². The highest BCUT2D eigenvalue weighted by Gasteiger charge is 2.07. The molecule has 0 saturated carbocycles. The van der Waals surface area contributed by atoms with E-state index >= 15 is 0 Å². The Labute approximate surface area is 122 Å². The van der Waals surface area contributed by atoms with Crippen molar-refractivity contribution < 1.29 is 14.2 Å². The lowest BCUT2D eigenvalue weighted by Gasteiger charge is -2.10. The third-order valence-electron chi connectivity index (χ3n) is 2.71. The van der Waals surface area contributed by atoms with Crippen LogP contribution in [0.2, 0.25) is 0 Å². The molecule has 8 heteroatoms. The van der Waals surface area contributed by atoms with Crippen molar-refractivity contribution in [2.45, 2.75) is 6.54 Å². The molecule has 112 valence electrons. The van der Waals surface area contributed by atoms with Gasteiger partial charge in [-0.05, 0) is 17.7 Å². The number of hydrogen-bond acceptors (Lipinski definition) is 8. The van der Waals surface area contributed by atoms with E-state index in [1.807, 2.05) is 18.2 Å². The van der Waals surface area contributed by atoms with E-state index in [-0.39, 0.29) is 12.0 Å². The number of benzene rings is 1. The van der Waals surface area contributed by atoms with Gasteiger partial charge in [-0.3, -0.25) is 0 Å². The van der Waals surface area contributed by atoms with Crippen LogP contribution in [-0.2, 0) is 6.54 Å². The van der Waals surface area contributed by atoms with Crippen molar-refractivity contribution in [3.63, 3.8) is 0 Å². The van der Waals surface area contributed by atoms with Crippen LogP contribution in [0.25, 0.3) is 0 Å². The Morgan fingerprint density at radius 3 is 2.43 bits per heavy atom. The molecular weight excluding hydrogens is 274 g/mol. The lowest BCUT2D eigenvalue weighted by atomic mass is 10.2. The Bertz CT molecular complexity index is 621. The zero-order chi connectivity index (χ0) is 15.2. The van der Waals surface area contributed by atoms with Gasteiger partial charge in [0.15, 0.2) is 11.5 Å². The predicted molar refractivity (Wildman–Crippen MR) is 77.7 cm³/mol.